The van der Waals surface area contributed by atoms with Gasteiger partial charge in [0, 0.05) is 10.4 Å². The maximum absolute atomic E-state index is 12.5. The third-order valence-electron chi connectivity index (χ3n) is 4.70. The summed E-state index contributed by atoms with van der Waals surface area (Å²) in [4.78, 5) is 25.7. The molecule has 0 aliphatic heterocycles. The molecule has 1 aromatic heterocycles. The van der Waals surface area contributed by atoms with Crippen LogP contribution in [0.4, 0.5) is 5.00 Å². The molecule has 0 unspecified atom stereocenters. The highest BCUT2D eigenvalue weighted by Crippen LogP contribution is 2.40. The summed E-state index contributed by atoms with van der Waals surface area (Å²) in [6.07, 6.45) is 4.04. The normalized spacial score (nSPS) is 16.5. The second kappa shape index (κ2) is 6.77. The van der Waals surface area contributed by atoms with Gasteiger partial charge in [0.2, 0.25) is 0 Å². The Hall–Kier alpha value is -2.14. The fraction of sp³-hybridized carbons (Fsp3) is 0.368. The largest absolute Gasteiger partial charge is 0.365 e. The number of anilines is 1. The van der Waals surface area contributed by atoms with Crippen molar-refractivity contribution in [2.75, 3.05) is 5.32 Å². The van der Waals surface area contributed by atoms with Crippen molar-refractivity contribution in [1.29, 1.82) is 0 Å². The number of carbonyl (C=O) groups excluding carboxylic acids is 2. The van der Waals surface area contributed by atoms with Gasteiger partial charge in [0.1, 0.15) is 5.00 Å². The van der Waals surface area contributed by atoms with Crippen molar-refractivity contribution in [2.45, 2.75) is 39.5 Å². The molecule has 0 bridgehead atoms. The van der Waals surface area contributed by atoms with Gasteiger partial charge < -0.3 is 11.1 Å². The number of hydrogen-bond donors (Lipinski definition) is 2. The third-order valence-corrected chi connectivity index (χ3v) is 5.87. The van der Waals surface area contributed by atoms with E-state index in [1.54, 1.807) is 6.07 Å². The molecule has 1 aliphatic carbocycles. The number of nitrogens with one attached hydrogen (secondary N) is 1. The van der Waals surface area contributed by atoms with Crippen LogP contribution in [0, 0.1) is 12.8 Å². The van der Waals surface area contributed by atoms with Gasteiger partial charge in [-0.05, 0) is 49.8 Å². The highest BCUT2D eigenvalue weighted by molar-refractivity contribution is 7.17. The number of amides is 2. The van der Waals surface area contributed by atoms with E-state index in [1.165, 1.54) is 16.2 Å². The standard InChI is InChI=1S/C19H22N2O2S/c1-3-12-7-8-14-15(10-12)24-19(16(14)17(20)22)21-18(23)13-6-4-5-11(2)9-13/h4-6,9,12H,3,7-8,10H2,1-2H3,(H2,20,22)(H,21,23)/t12-/m1/s1. The van der Waals surface area contributed by atoms with Gasteiger partial charge in [-0.15, -0.1) is 11.3 Å². The molecule has 2 amide bonds. The molecule has 4 nitrogen and oxygen atoms in total. The average molecular weight is 342 g/mol. The summed E-state index contributed by atoms with van der Waals surface area (Å²) in [5, 5.41) is 3.50. The zero-order valence-electron chi connectivity index (χ0n) is 14.0. The van der Waals surface area contributed by atoms with Crippen LogP contribution in [-0.2, 0) is 12.8 Å². The number of aryl methyl sites for hydroxylation is 1. The van der Waals surface area contributed by atoms with Crippen molar-refractivity contribution < 1.29 is 9.59 Å². The number of hydrogen-bond acceptors (Lipinski definition) is 3. The summed E-state index contributed by atoms with van der Waals surface area (Å²) < 4.78 is 0. The van der Waals surface area contributed by atoms with Gasteiger partial charge in [0.05, 0.1) is 5.56 Å². The molecule has 1 heterocycles. The van der Waals surface area contributed by atoms with E-state index in [1.807, 2.05) is 25.1 Å². The van der Waals surface area contributed by atoms with Crippen molar-refractivity contribution in [1.82, 2.24) is 0 Å². The molecule has 5 heteroatoms. The molecule has 1 atom stereocenters. The number of nitrogens with two attached hydrogens (primary N) is 1. The first-order chi connectivity index (χ1) is 11.5. The molecular weight excluding hydrogens is 320 g/mol. The fourth-order valence-corrected chi connectivity index (χ4v) is 4.68. The zero-order valence-corrected chi connectivity index (χ0v) is 14.8. The van der Waals surface area contributed by atoms with Crippen LogP contribution in [0.2, 0.25) is 0 Å². The Morgan fingerprint density at radius 2 is 2.17 bits per heavy atom. The molecule has 126 valence electrons. The Morgan fingerprint density at radius 1 is 1.38 bits per heavy atom. The highest BCUT2D eigenvalue weighted by Gasteiger charge is 2.28. The number of primary amides is 1. The first kappa shape index (κ1) is 16.7. The molecule has 0 spiro atoms. The van der Waals surface area contributed by atoms with E-state index in [9.17, 15) is 9.59 Å². The molecule has 2 aromatic rings. The Bertz CT molecular complexity index is 795. The lowest BCUT2D eigenvalue weighted by Gasteiger charge is -2.20. The lowest BCUT2D eigenvalue weighted by atomic mass is 9.85. The summed E-state index contributed by atoms with van der Waals surface area (Å²) in [7, 11) is 0. The predicted molar refractivity (Wildman–Crippen MR) is 97.8 cm³/mol. The minimum atomic E-state index is -0.456. The van der Waals surface area contributed by atoms with Crippen molar-refractivity contribution in [2.24, 2.45) is 11.7 Å². The van der Waals surface area contributed by atoms with Gasteiger partial charge in [-0.1, -0.05) is 31.0 Å². The number of thiophene rings is 1. The minimum Gasteiger partial charge on any atom is -0.365 e. The van der Waals surface area contributed by atoms with E-state index in [0.717, 1.165) is 36.8 Å². The molecule has 24 heavy (non-hydrogen) atoms. The summed E-state index contributed by atoms with van der Waals surface area (Å²) in [5.41, 5.74) is 8.76. The van der Waals surface area contributed by atoms with E-state index in [2.05, 4.69) is 12.2 Å². The molecule has 0 saturated heterocycles. The highest BCUT2D eigenvalue weighted by atomic mass is 32.1. The SMILES string of the molecule is CC[C@@H]1CCc2c(sc(NC(=O)c3cccc(C)c3)c2C(N)=O)C1. The van der Waals surface area contributed by atoms with Crippen LogP contribution >= 0.6 is 11.3 Å². The molecule has 3 N–H and O–H groups in total. The van der Waals surface area contributed by atoms with Gasteiger partial charge >= 0.3 is 0 Å². The minimum absolute atomic E-state index is 0.202. The topological polar surface area (TPSA) is 72.2 Å². The van der Waals surface area contributed by atoms with E-state index in [0.29, 0.717) is 22.0 Å². The molecule has 1 aliphatic rings. The van der Waals surface area contributed by atoms with Gasteiger partial charge in [-0.2, -0.15) is 0 Å². The third kappa shape index (κ3) is 3.22. The number of carbonyl (C=O) groups is 2. The van der Waals surface area contributed by atoms with Crippen LogP contribution in [-0.4, -0.2) is 11.8 Å². The van der Waals surface area contributed by atoms with Crippen LogP contribution in [0.25, 0.3) is 0 Å². The fourth-order valence-electron chi connectivity index (χ4n) is 3.31. The van der Waals surface area contributed by atoms with Gasteiger partial charge in [-0.25, -0.2) is 0 Å². The summed E-state index contributed by atoms with van der Waals surface area (Å²) >= 11 is 1.50. The van der Waals surface area contributed by atoms with Crippen LogP contribution in [0.15, 0.2) is 24.3 Å². The Morgan fingerprint density at radius 3 is 2.83 bits per heavy atom. The van der Waals surface area contributed by atoms with E-state index >= 15 is 0 Å². The maximum Gasteiger partial charge on any atom is 0.256 e. The Balaban J connectivity index is 1.92. The van der Waals surface area contributed by atoms with Crippen LogP contribution in [0.5, 0.6) is 0 Å². The first-order valence-corrected chi connectivity index (χ1v) is 9.13. The molecule has 0 saturated carbocycles. The van der Waals surface area contributed by atoms with Crippen LogP contribution in [0.1, 0.15) is 56.5 Å². The Labute approximate surface area is 146 Å². The van der Waals surface area contributed by atoms with E-state index in [-0.39, 0.29) is 5.91 Å². The van der Waals surface area contributed by atoms with Crippen molar-refractivity contribution in [3.05, 3.63) is 51.4 Å². The summed E-state index contributed by atoms with van der Waals surface area (Å²) in [6.45, 7) is 4.14. The number of fused-ring (bicyclic) bond motifs is 1. The maximum atomic E-state index is 12.5. The molecule has 0 radical (unpaired) electrons. The molecule has 3 rings (SSSR count). The van der Waals surface area contributed by atoms with Gasteiger partial charge in [0.15, 0.2) is 0 Å². The zero-order chi connectivity index (χ0) is 17.3. The quantitative estimate of drug-likeness (QED) is 0.884. The molecule has 0 fully saturated rings. The van der Waals surface area contributed by atoms with Crippen molar-refractivity contribution in [3.8, 4) is 0 Å². The number of rotatable bonds is 4. The van der Waals surface area contributed by atoms with E-state index in [4.69, 9.17) is 5.73 Å². The van der Waals surface area contributed by atoms with Gasteiger partial charge in [0.25, 0.3) is 11.8 Å². The average Bonchev–Trinajstić information content (AvgIpc) is 2.91. The van der Waals surface area contributed by atoms with Gasteiger partial charge in [-0.3, -0.25) is 9.59 Å². The van der Waals surface area contributed by atoms with Crippen molar-refractivity contribution >= 4 is 28.2 Å². The second-order valence-electron chi connectivity index (χ2n) is 6.41. The lowest BCUT2D eigenvalue weighted by molar-refractivity contribution is 0.1000. The number of benzene rings is 1. The molecule has 1 aromatic carbocycles. The first-order valence-electron chi connectivity index (χ1n) is 8.32. The smallest absolute Gasteiger partial charge is 0.256 e. The van der Waals surface area contributed by atoms with Crippen molar-refractivity contribution in [3.63, 3.8) is 0 Å². The van der Waals surface area contributed by atoms with E-state index < -0.39 is 5.91 Å². The lowest BCUT2D eigenvalue weighted by Crippen LogP contribution is -2.19. The van der Waals surface area contributed by atoms with Crippen LogP contribution < -0.4 is 11.1 Å². The predicted octanol–water partition coefficient (Wildman–Crippen LogP) is 3.92. The summed E-state index contributed by atoms with van der Waals surface area (Å²) in [5.74, 6) is -0.00831. The monoisotopic (exact) mass is 342 g/mol. The molecular formula is C19H22N2O2S. The van der Waals surface area contributed by atoms with Crippen LogP contribution in [0.3, 0.4) is 0 Å². The summed E-state index contributed by atoms with van der Waals surface area (Å²) in [6, 6.07) is 7.40. The Kier molecular flexibility index (Phi) is 4.71. The second-order valence-corrected chi connectivity index (χ2v) is 7.52.